The number of phenolic OH excluding ortho intramolecular Hbond substituents is 5. The van der Waals surface area contributed by atoms with E-state index in [0.29, 0.717) is 33.2 Å². The molecule has 0 unspecified atom stereocenters. The van der Waals surface area contributed by atoms with Crippen LogP contribution in [0.4, 0.5) is 0 Å². The van der Waals surface area contributed by atoms with Crippen molar-refractivity contribution in [2.45, 2.75) is 61.6 Å². The van der Waals surface area contributed by atoms with E-state index in [1.54, 1.807) is 48.7 Å². The number of hydrogen-bond acceptors (Lipinski definition) is 15. The number of amides is 6. The molecule has 8 aromatic rings. The van der Waals surface area contributed by atoms with Crippen molar-refractivity contribution in [1.29, 1.82) is 0 Å². The lowest BCUT2D eigenvalue weighted by molar-refractivity contribution is -0.142. The minimum atomic E-state index is -1.97. The zero-order valence-electron chi connectivity index (χ0n) is 44.3. The maximum Gasteiger partial charge on any atom is 0.330 e. The number of carboxylic acid groups (broad SMARTS) is 1. The zero-order chi connectivity index (χ0) is 60.0. The molecule has 6 aliphatic rings. The lowest BCUT2D eigenvalue weighted by Crippen LogP contribution is -2.55. The van der Waals surface area contributed by atoms with Gasteiger partial charge in [-0.25, -0.2) is 4.79 Å². The Bertz CT molecular complexity index is 4020. The number of aliphatic carboxylic acids is 1. The van der Waals surface area contributed by atoms with Crippen molar-refractivity contribution in [2.75, 3.05) is 0 Å². The molecule has 0 radical (unpaired) electrons. The number of ether oxygens (including phenoxy) is 2. The monoisotopic (exact) mass is 1170 g/mol. The number of hydrogen-bond donors (Lipinski definition) is 14. The van der Waals surface area contributed by atoms with Crippen molar-refractivity contribution in [3.8, 4) is 62.9 Å². The number of aromatic amines is 1. The second kappa shape index (κ2) is 22.9. The Kier molecular flexibility index (Phi) is 15.1. The molecular weight excluding hydrogens is 1120 g/mol. The van der Waals surface area contributed by atoms with Gasteiger partial charge in [-0.15, -0.1) is 0 Å². The summed E-state index contributed by atoms with van der Waals surface area (Å²) in [6, 6.07) is 18.6. The number of carbonyl (C=O) groups is 7. The fourth-order valence-corrected chi connectivity index (χ4v) is 10.7. The van der Waals surface area contributed by atoms with Crippen LogP contribution in [0.2, 0.25) is 5.02 Å². The van der Waals surface area contributed by atoms with Gasteiger partial charge in [0, 0.05) is 41.6 Å². The van der Waals surface area contributed by atoms with Crippen molar-refractivity contribution >= 4 is 63.9 Å². The van der Waals surface area contributed by atoms with Gasteiger partial charge in [-0.05, 0) is 130 Å². The fraction of sp³-hybridized carbons (Fsp3) is 0.164. The number of nitrogens with one attached hydrogen (secondary N) is 7. The van der Waals surface area contributed by atoms with Crippen LogP contribution in [0.15, 0.2) is 140 Å². The molecule has 7 aromatic carbocycles. The molecule has 15 N–H and O–H groups in total. The lowest BCUT2D eigenvalue weighted by atomic mass is 9.94. The smallest absolute Gasteiger partial charge is 0.330 e. The van der Waals surface area contributed by atoms with E-state index in [1.807, 2.05) is 0 Å². The molecule has 0 aliphatic carbocycles. The van der Waals surface area contributed by atoms with E-state index in [9.17, 15) is 49.8 Å². The summed E-state index contributed by atoms with van der Waals surface area (Å²) >= 11 is 6.84. The predicted octanol–water partition coefficient (Wildman–Crippen LogP) is 5.38. The third-order valence-electron chi connectivity index (χ3n) is 14.8. The van der Waals surface area contributed by atoms with Crippen molar-refractivity contribution in [3.63, 3.8) is 0 Å². The van der Waals surface area contributed by atoms with Gasteiger partial charge in [0.2, 0.25) is 35.4 Å². The van der Waals surface area contributed by atoms with Gasteiger partial charge in [-0.1, -0.05) is 60.1 Å². The van der Waals surface area contributed by atoms with E-state index in [2.05, 4.69) is 36.9 Å². The Labute approximate surface area is 486 Å². The molecule has 6 amide bonds. The molecule has 7 heterocycles. The van der Waals surface area contributed by atoms with Crippen LogP contribution in [0.3, 0.4) is 0 Å². The summed E-state index contributed by atoms with van der Waals surface area (Å²) in [5.41, 5.74) is 8.43. The van der Waals surface area contributed by atoms with Gasteiger partial charge >= 0.3 is 5.97 Å². The van der Waals surface area contributed by atoms with Crippen LogP contribution in [0.5, 0.6) is 51.7 Å². The second-order valence-electron chi connectivity index (χ2n) is 20.6. The summed E-state index contributed by atoms with van der Waals surface area (Å²) in [6.45, 7) is 0. The molecule has 0 spiro atoms. The Morgan fingerprint density at radius 1 is 0.600 bits per heavy atom. The number of aromatic hydroxyl groups is 5. The topological polar surface area (TPSA) is 373 Å². The molecule has 7 atom stereocenters. The van der Waals surface area contributed by atoms with E-state index in [4.69, 9.17) is 26.8 Å². The molecule has 24 heteroatoms. The molecule has 0 saturated carbocycles. The van der Waals surface area contributed by atoms with E-state index in [1.165, 1.54) is 66.7 Å². The normalized spacial score (nSPS) is 20.0. The van der Waals surface area contributed by atoms with Crippen LogP contribution in [0.1, 0.15) is 63.1 Å². The minimum absolute atomic E-state index is 0.0120. The standard InChI is InChI=1S/C61H51ClN8O15/c62-41-20-30-7-14-47(41)85-48-23-31(6-13-46(48)74)53(61(82)83)70-56(77)44-16-28-3-10-38(11-4-28)84-49-24-33-19-40(54(49)75)29-5-12-39-34(26-64-43(39)21-29)22-45(65-55(76)42(63)15-27-1-8-35(71)9-2-27)57(78)67-51(32-17-36(72)25-37(73)18-32)59(80)69-52(33)60(81)68-50(30)58(79)66-44/h1-14,17-21,23-26,42,44-45,50-53,64,71-75H,15-16,22,63H2,(H,65,76)(H,66,79)(H,67,78)(H,68,81)(H,69,80)(H,70,77)(H,82,83)/t42-,44+,45-,50-,51-,52-,53-/m1/s1. The van der Waals surface area contributed by atoms with Crippen LogP contribution < -0.4 is 47.1 Å². The summed E-state index contributed by atoms with van der Waals surface area (Å²) in [6.07, 6.45) is 1.09. The quantitative estimate of drug-likeness (QED) is 0.0993. The lowest BCUT2D eigenvalue weighted by Gasteiger charge is -2.29. The van der Waals surface area contributed by atoms with Crippen molar-refractivity contribution in [2.24, 2.45) is 5.73 Å². The van der Waals surface area contributed by atoms with Gasteiger partial charge in [-0.3, -0.25) is 28.8 Å². The number of carbonyl (C=O) groups excluding carboxylic acids is 6. The van der Waals surface area contributed by atoms with Crippen LogP contribution in [-0.2, 0) is 52.8 Å². The summed E-state index contributed by atoms with van der Waals surface area (Å²) in [4.78, 5) is 106. The highest BCUT2D eigenvalue weighted by molar-refractivity contribution is 6.32. The van der Waals surface area contributed by atoms with Gasteiger partial charge in [-0.2, -0.15) is 0 Å². The Morgan fingerprint density at radius 2 is 1.25 bits per heavy atom. The van der Waals surface area contributed by atoms with Crippen LogP contribution in [-0.4, -0.2) is 95.2 Å². The number of H-pyrrole nitrogens is 1. The number of nitrogens with two attached hydrogens (primary N) is 1. The average Bonchev–Trinajstić information content (AvgIpc) is 3.71. The zero-order valence-corrected chi connectivity index (χ0v) is 45.0. The molecule has 85 heavy (non-hydrogen) atoms. The molecule has 14 rings (SSSR count). The Hall–Kier alpha value is -10.8. The number of benzene rings is 7. The highest BCUT2D eigenvalue weighted by Gasteiger charge is 2.38. The summed E-state index contributed by atoms with van der Waals surface area (Å²) in [7, 11) is 0. The van der Waals surface area contributed by atoms with Crippen LogP contribution >= 0.6 is 11.6 Å². The summed E-state index contributed by atoms with van der Waals surface area (Å²) < 4.78 is 12.3. The maximum absolute atomic E-state index is 15.6. The average molecular weight is 1170 g/mol. The van der Waals surface area contributed by atoms with Crippen LogP contribution in [0, 0.1) is 0 Å². The van der Waals surface area contributed by atoms with E-state index < -0.39 is 107 Å². The number of phenols is 5. The largest absolute Gasteiger partial charge is 0.508 e. The third-order valence-corrected chi connectivity index (χ3v) is 15.1. The minimum Gasteiger partial charge on any atom is -0.508 e. The molecule has 0 saturated heterocycles. The maximum atomic E-state index is 15.6. The first-order chi connectivity index (χ1) is 40.7. The highest BCUT2D eigenvalue weighted by atomic mass is 35.5. The first kappa shape index (κ1) is 56.1. The molecule has 1 aromatic heterocycles. The predicted molar refractivity (Wildman–Crippen MR) is 304 cm³/mol. The van der Waals surface area contributed by atoms with E-state index in [0.717, 1.165) is 24.3 Å². The fourth-order valence-electron chi connectivity index (χ4n) is 10.4. The first-order valence-electron chi connectivity index (χ1n) is 26.4. The number of fused-ring (bicyclic) bond motifs is 14. The SMILES string of the molecule is N[C@H](Cc1ccc(O)cc1)C(=O)N[C@@H]1Cc2c[nH]c3cc(ccc23)-c2cc3cc(c2O)Oc2ccc(cc2)C[C@@H]2NC(=O)[C@H](NC(=O)[C@@H]3NC(=O)[C@@H](c3cc(O)cc(O)c3)NC1=O)c1ccc(c(Cl)c1)Oc1cc(ccc1O)[C@H](C(=O)O)NC2=O. The third kappa shape index (κ3) is 11.8. The van der Waals surface area contributed by atoms with Gasteiger partial charge in [0.15, 0.2) is 29.0 Å². The van der Waals surface area contributed by atoms with Gasteiger partial charge < -0.3 is 82.7 Å². The molecule has 15 bridgehead atoms. The molecule has 432 valence electrons. The molecule has 0 fully saturated rings. The van der Waals surface area contributed by atoms with Gasteiger partial charge in [0.1, 0.15) is 59.0 Å². The Morgan fingerprint density at radius 3 is 1.94 bits per heavy atom. The van der Waals surface area contributed by atoms with E-state index in [-0.39, 0.29) is 80.8 Å². The summed E-state index contributed by atoms with van der Waals surface area (Å²) in [5, 5.41) is 81.3. The van der Waals surface area contributed by atoms with Crippen LogP contribution in [0.25, 0.3) is 22.0 Å². The second-order valence-corrected chi connectivity index (χ2v) is 21.1. The molecular formula is C61H51ClN8O15. The molecule has 23 nitrogen and oxygen atoms in total. The van der Waals surface area contributed by atoms with E-state index >= 15 is 14.4 Å². The van der Waals surface area contributed by atoms with Gasteiger partial charge in [0.05, 0.1) is 11.1 Å². The van der Waals surface area contributed by atoms with Crippen molar-refractivity contribution in [1.82, 2.24) is 36.9 Å². The summed E-state index contributed by atoms with van der Waals surface area (Å²) in [5.74, 6) is -10.1. The molecule has 6 aliphatic heterocycles. The number of carboxylic acids is 1. The van der Waals surface area contributed by atoms with Crippen molar-refractivity contribution < 1.29 is 73.7 Å². The first-order valence-corrected chi connectivity index (χ1v) is 26.8. The highest BCUT2D eigenvalue weighted by Crippen LogP contribution is 2.44. The van der Waals surface area contributed by atoms with Gasteiger partial charge in [0.25, 0.3) is 0 Å². The Balaban J connectivity index is 1.07. The van der Waals surface area contributed by atoms with Crippen molar-refractivity contribution in [3.05, 3.63) is 184 Å². The number of aromatic nitrogens is 1. The number of rotatable bonds is 6. The number of halogens is 1.